The van der Waals surface area contributed by atoms with E-state index in [-0.39, 0.29) is 5.75 Å². The van der Waals surface area contributed by atoms with Crippen LogP contribution in [-0.2, 0) is 25.9 Å². The van der Waals surface area contributed by atoms with E-state index in [0.29, 0.717) is 10.1 Å². The van der Waals surface area contributed by atoms with E-state index in [1.54, 1.807) is 36.4 Å². The van der Waals surface area contributed by atoms with Crippen LogP contribution in [-0.4, -0.2) is 13.6 Å². The van der Waals surface area contributed by atoms with Crippen molar-refractivity contribution >= 4 is 32.9 Å². The molecule has 0 aromatic heterocycles. The zero-order valence-electron chi connectivity index (χ0n) is 12.9. The Kier molecular flexibility index (Phi) is 3.90. The van der Waals surface area contributed by atoms with Gasteiger partial charge < -0.3 is 10.1 Å². The number of hydrogen-bond acceptors (Lipinski definition) is 4. The van der Waals surface area contributed by atoms with Crippen LogP contribution < -0.4 is 5.32 Å². The maximum absolute atomic E-state index is 12.5. The van der Waals surface area contributed by atoms with Gasteiger partial charge in [-0.15, -0.1) is 0 Å². The lowest BCUT2D eigenvalue weighted by atomic mass is 9.93. The smallest absolute Gasteiger partial charge is 0.262 e. The van der Waals surface area contributed by atoms with Crippen molar-refractivity contribution in [1.82, 2.24) is 0 Å². The van der Waals surface area contributed by atoms with Crippen LogP contribution in [0, 0.1) is 0 Å². The van der Waals surface area contributed by atoms with Crippen LogP contribution in [0.2, 0.25) is 0 Å². The molecule has 0 radical (unpaired) electrons. The van der Waals surface area contributed by atoms with Gasteiger partial charge in [-0.3, -0.25) is 0 Å². The van der Waals surface area contributed by atoms with Crippen LogP contribution in [0.4, 0.5) is 5.69 Å². The van der Waals surface area contributed by atoms with Crippen LogP contribution >= 0.6 is 12.2 Å². The molecule has 4 nitrogen and oxygen atoms in total. The van der Waals surface area contributed by atoms with Gasteiger partial charge in [0.1, 0.15) is 5.60 Å². The van der Waals surface area contributed by atoms with Gasteiger partial charge in [0.15, 0.2) is 9.84 Å². The van der Waals surface area contributed by atoms with Gasteiger partial charge in [-0.1, -0.05) is 24.3 Å². The summed E-state index contributed by atoms with van der Waals surface area (Å²) in [6, 6.07) is 14.0. The third-order valence-electron chi connectivity index (χ3n) is 3.78. The van der Waals surface area contributed by atoms with Crippen molar-refractivity contribution in [2.24, 2.45) is 0 Å². The minimum Gasteiger partial charge on any atom is -0.460 e. The molecule has 0 saturated carbocycles. The fraction of sp³-hybridized carbons (Fsp3) is 0.235. The number of anilines is 1. The molecule has 0 saturated heterocycles. The standard InChI is InChI=1S/C17H17NO3S2/c1-17(2)14-10-12(8-9-15(14)18-16(22)21-17)11-23(19,20)13-6-4-3-5-7-13/h3-10H,11H2,1-2H3,(H,18,22). The highest BCUT2D eigenvalue weighted by Crippen LogP contribution is 2.36. The second-order valence-electron chi connectivity index (χ2n) is 5.98. The van der Waals surface area contributed by atoms with Crippen molar-refractivity contribution in [3.8, 4) is 0 Å². The monoisotopic (exact) mass is 347 g/mol. The normalized spacial score (nSPS) is 16.2. The summed E-state index contributed by atoms with van der Waals surface area (Å²) < 4.78 is 30.7. The number of rotatable bonds is 3. The molecule has 0 amide bonds. The largest absolute Gasteiger partial charge is 0.460 e. The summed E-state index contributed by atoms with van der Waals surface area (Å²) in [7, 11) is -3.37. The predicted molar refractivity (Wildman–Crippen MR) is 94.1 cm³/mol. The van der Waals surface area contributed by atoms with E-state index in [0.717, 1.165) is 16.8 Å². The summed E-state index contributed by atoms with van der Waals surface area (Å²) in [5.41, 5.74) is 1.88. The van der Waals surface area contributed by atoms with E-state index in [1.807, 2.05) is 26.0 Å². The zero-order chi connectivity index (χ0) is 16.7. The third-order valence-corrected chi connectivity index (χ3v) is 5.67. The number of thiocarbonyl (C=S) groups is 1. The van der Waals surface area contributed by atoms with Crippen LogP contribution in [0.3, 0.4) is 0 Å². The van der Waals surface area contributed by atoms with Gasteiger partial charge in [-0.25, -0.2) is 8.42 Å². The van der Waals surface area contributed by atoms with Crippen LogP contribution in [0.25, 0.3) is 0 Å². The molecule has 0 fully saturated rings. The highest BCUT2D eigenvalue weighted by Gasteiger charge is 2.32. The molecule has 0 atom stereocenters. The number of nitrogens with one attached hydrogen (secondary N) is 1. The second-order valence-corrected chi connectivity index (χ2v) is 8.34. The number of hydrogen-bond donors (Lipinski definition) is 1. The summed E-state index contributed by atoms with van der Waals surface area (Å²) in [5, 5.41) is 3.32. The van der Waals surface area contributed by atoms with Crippen molar-refractivity contribution in [3.63, 3.8) is 0 Å². The van der Waals surface area contributed by atoms with E-state index in [9.17, 15) is 8.42 Å². The minimum atomic E-state index is -3.37. The molecule has 2 aromatic rings. The van der Waals surface area contributed by atoms with Crippen molar-refractivity contribution in [3.05, 3.63) is 59.7 Å². The molecule has 120 valence electrons. The third kappa shape index (κ3) is 3.23. The molecular weight excluding hydrogens is 330 g/mol. The highest BCUT2D eigenvalue weighted by molar-refractivity contribution is 7.90. The number of benzene rings is 2. The van der Waals surface area contributed by atoms with Crippen LogP contribution in [0.5, 0.6) is 0 Å². The molecule has 0 unspecified atom stereocenters. The van der Waals surface area contributed by atoms with E-state index in [1.165, 1.54) is 0 Å². The molecular formula is C17H17NO3S2. The van der Waals surface area contributed by atoms with Crippen molar-refractivity contribution < 1.29 is 13.2 Å². The molecule has 3 rings (SSSR count). The maximum Gasteiger partial charge on any atom is 0.262 e. The van der Waals surface area contributed by atoms with Crippen LogP contribution in [0.1, 0.15) is 25.0 Å². The summed E-state index contributed by atoms with van der Waals surface area (Å²) in [5.74, 6) is -0.0508. The summed E-state index contributed by atoms with van der Waals surface area (Å²) in [6.45, 7) is 3.82. The Balaban J connectivity index is 1.96. The van der Waals surface area contributed by atoms with E-state index in [4.69, 9.17) is 17.0 Å². The Labute approximate surface area is 141 Å². The molecule has 1 N–H and O–H groups in total. The molecule has 0 spiro atoms. The first-order valence-electron chi connectivity index (χ1n) is 7.19. The SMILES string of the molecule is CC1(C)OC(=S)Nc2ccc(CS(=O)(=O)c3ccccc3)cc21. The quantitative estimate of drug-likeness (QED) is 0.860. The molecule has 23 heavy (non-hydrogen) atoms. The topological polar surface area (TPSA) is 55.4 Å². The predicted octanol–water partition coefficient (Wildman–Crippen LogP) is 3.62. The molecule has 6 heteroatoms. The minimum absolute atomic E-state index is 0.0508. The molecule has 2 aromatic carbocycles. The van der Waals surface area contributed by atoms with Gasteiger partial charge in [-0.05, 0) is 55.9 Å². The lowest BCUT2D eigenvalue weighted by Crippen LogP contribution is -2.34. The van der Waals surface area contributed by atoms with Gasteiger partial charge in [0, 0.05) is 11.3 Å². The number of fused-ring (bicyclic) bond motifs is 1. The first-order chi connectivity index (χ1) is 10.8. The fourth-order valence-electron chi connectivity index (χ4n) is 2.64. The molecule has 1 aliphatic heterocycles. The number of sulfone groups is 1. The Morgan fingerprint density at radius 1 is 1.13 bits per heavy atom. The first-order valence-corrected chi connectivity index (χ1v) is 9.25. The molecule has 1 aliphatic rings. The van der Waals surface area contributed by atoms with Crippen molar-refractivity contribution in [1.29, 1.82) is 0 Å². The average Bonchev–Trinajstić information content (AvgIpc) is 2.48. The molecule has 0 bridgehead atoms. The summed E-state index contributed by atoms with van der Waals surface area (Å²) in [4.78, 5) is 0.326. The van der Waals surface area contributed by atoms with Gasteiger partial charge in [-0.2, -0.15) is 0 Å². The summed E-state index contributed by atoms with van der Waals surface area (Å²) >= 11 is 5.09. The number of ether oxygens (including phenoxy) is 1. The maximum atomic E-state index is 12.5. The average molecular weight is 347 g/mol. The Bertz CT molecular complexity index is 859. The Hall–Kier alpha value is -1.92. The fourth-order valence-corrected chi connectivity index (χ4v) is 4.32. The van der Waals surface area contributed by atoms with Gasteiger partial charge in [0.2, 0.25) is 0 Å². The van der Waals surface area contributed by atoms with Gasteiger partial charge in [0.25, 0.3) is 5.17 Å². The Morgan fingerprint density at radius 2 is 1.83 bits per heavy atom. The zero-order valence-corrected chi connectivity index (χ0v) is 14.5. The lowest BCUT2D eigenvalue weighted by molar-refractivity contribution is 0.0946. The first kappa shape index (κ1) is 16.0. The van der Waals surface area contributed by atoms with Gasteiger partial charge >= 0.3 is 0 Å². The van der Waals surface area contributed by atoms with Crippen LogP contribution in [0.15, 0.2) is 53.4 Å². The van der Waals surface area contributed by atoms with E-state index < -0.39 is 15.4 Å². The second kappa shape index (κ2) is 5.62. The van der Waals surface area contributed by atoms with Crippen molar-refractivity contribution in [2.45, 2.75) is 30.1 Å². The van der Waals surface area contributed by atoms with Gasteiger partial charge in [0.05, 0.1) is 10.6 Å². The summed E-state index contributed by atoms with van der Waals surface area (Å²) in [6.07, 6.45) is 0. The molecule has 1 heterocycles. The van der Waals surface area contributed by atoms with E-state index >= 15 is 0 Å². The Morgan fingerprint density at radius 3 is 2.52 bits per heavy atom. The molecule has 0 aliphatic carbocycles. The van der Waals surface area contributed by atoms with Crippen molar-refractivity contribution in [2.75, 3.05) is 5.32 Å². The lowest BCUT2D eigenvalue weighted by Gasteiger charge is -2.34. The van der Waals surface area contributed by atoms with E-state index in [2.05, 4.69) is 5.32 Å². The highest BCUT2D eigenvalue weighted by atomic mass is 32.2.